The van der Waals surface area contributed by atoms with Crippen LogP contribution in [0.1, 0.15) is 82.5 Å². The van der Waals surface area contributed by atoms with E-state index < -0.39 is 11.6 Å². The van der Waals surface area contributed by atoms with Gasteiger partial charge in [-0.15, -0.1) is 0 Å². The maximum atomic E-state index is 12.8. The molecule has 5 rings (SSSR count). The van der Waals surface area contributed by atoms with Gasteiger partial charge in [-0.2, -0.15) is 0 Å². The number of carboxylic acid groups (broad SMARTS) is 1. The Kier molecular flexibility index (Phi) is 8.04. The molecule has 1 spiro atoms. The molecule has 4 aliphatic rings. The molecule has 2 aliphatic heterocycles. The first-order valence-electron chi connectivity index (χ1n) is 14.9. The molecule has 6 heteroatoms. The van der Waals surface area contributed by atoms with Crippen molar-refractivity contribution in [2.45, 2.75) is 77.7 Å². The molecule has 1 atom stereocenters. The molecule has 4 fully saturated rings. The van der Waals surface area contributed by atoms with E-state index in [1.807, 2.05) is 0 Å². The first-order valence-corrected chi connectivity index (χ1v) is 14.9. The number of rotatable bonds is 10. The van der Waals surface area contributed by atoms with Crippen molar-refractivity contribution in [3.8, 4) is 0 Å². The van der Waals surface area contributed by atoms with E-state index in [1.54, 1.807) is 28.2 Å². The number of ether oxygens (including phenoxy) is 1. The van der Waals surface area contributed by atoms with Crippen LogP contribution in [-0.4, -0.2) is 53.8 Å². The number of nitrogens with zero attached hydrogens (tertiary/aromatic N) is 2. The van der Waals surface area contributed by atoms with Gasteiger partial charge in [0.2, 0.25) is 0 Å². The molecule has 1 N–H and O–H groups in total. The van der Waals surface area contributed by atoms with E-state index in [0.717, 1.165) is 44.8 Å². The molecule has 0 radical (unpaired) electrons. The number of hydrogen-bond acceptors (Lipinski definition) is 4. The van der Waals surface area contributed by atoms with Crippen molar-refractivity contribution in [2.24, 2.45) is 17.8 Å². The van der Waals surface area contributed by atoms with Crippen LogP contribution in [0, 0.1) is 17.8 Å². The monoisotopic (exact) mass is 532 g/mol. The number of hydrogen-bond donors (Lipinski definition) is 1. The van der Waals surface area contributed by atoms with Gasteiger partial charge < -0.3 is 9.84 Å². The minimum absolute atomic E-state index is 0.208. The number of carbonyl (C=O) groups is 2. The Morgan fingerprint density at radius 1 is 1.15 bits per heavy atom. The van der Waals surface area contributed by atoms with Crippen molar-refractivity contribution in [1.29, 1.82) is 0 Å². The Labute approximate surface area is 233 Å². The Bertz CT molecular complexity index is 1160. The lowest BCUT2D eigenvalue weighted by molar-refractivity contribution is 0.00307. The van der Waals surface area contributed by atoms with Crippen molar-refractivity contribution in [1.82, 2.24) is 4.90 Å². The zero-order valence-electron chi connectivity index (χ0n) is 23.9. The van der Waals surface area contributed by atoms with Crippen molar-refractivity contribution in [2.75, 3.05) is 31.1 Å². The molecular weight excluding hydrogens is 488 g/mol. The number of anilines is 1. The summed E-state index contributed by atoms with van der Waals surface area (Å²) in [7, 11) is 0. The molecule has 210 valence electrons. The van der Waals surface area contributed by atoms with Gasteiger partial charge >= 0.3 is 12.1 Å². The van der Waals surface area contributed by atoms with Gasteiger partial charge in [0.25, 0.3) is 0 Å². The van der Waals surface area contributed by atoms with Gasteiger partial charge in [-0.1, -0.05) is 38.5 Å². The second-order valence-corrected chi connectivity index (χ2v) is 12.3. The summed E-state index contributed by atoms with van der Waals surface area (Å²) >= 11 is 0. The summed E-state index contributed by atoms with van der Waals surface area (Å²) < 4.78 is 5.95. The summed E-state index contributed by atoms with van der Waals surface area (Å²) in [4.78, 5) is 28.1. The molecule has 2 saturated carbocycles. The van der Waals surface area contributed by atoms with Crippen LogP contribution in [0.4, 0.5) is 10.5 Å². The Hall–Kier alpha value is -2.86. The van der Waals surface area contributed by atoms with Gasteiger partial charge in [-0.3, -0.25) is 9.80 Å². The fourth-order valence-electron chi connectivity index (χ4n) is 6.36. The molecule has 2 aliphatic carbocycles. The van der Waals surface area contributed by atoms with Crippen molar-refractivity contribution >= 4 is 17.7 Å². The van der Waals surface area contributed by atoms with Crippen LogP contribution in [0.2, 0.25) is 0 Å². The first-order chi connectivity index (χ1) is 18.7. The normalized spacial score (nSPS) is 23.3. The molecule has 39 heavy (non-hydrogen) atoms. The zero-order valence-corrected chi connectivity index (χ0v) is 23.9. The topological polar surface area (TPSA) is 70.1 Å². The SMILES string of the molecule is C=C(CN1CCC2(CC1)CN(c1ccc(C(=O)O)cc1)C(=O)O2)C(=CC(=C(C)C1CC1)C(C)CC)C1CCC1. The molecule has 0 aromatic heterocycles. The standard InChI is InChI=1S/C33H44N2O4/c1-5-22(2)29(24(4)25-9-10-25)19-30(26-7-6-8-26)23(3)20-34-17-15-33(16-18-34)21-35(32(38)39-33)28-13-11-27(12-14-28)31(36)37/h11-14,19,22,25-26H,3,5-10,15-18,20-21H2,1-2,4H3,(H,36,37). The lowest BCUT2D eigenvalue weighted by Gasteiger charge is -2.39. The molecule has 6 nitrogen and oxygen atoms in total. The Morgan fingerprint density at radius 3 is 2.36 bits per heavy atom. The summed E-state index contributed by atoms with van der Waals surface area (Å²) in [6.07, 6.45) is 11.4. The molecular formula is C33H44N2O4. The lowest BCUT2D eigenvalue weighted by atomic mass is 9.75. The molecule has 1 aromatic carbocycles. The lowest BCUT2D eigenvalue weighted by Crippen LogP contribution is -2.47. The van der Waals surface area contributed by atoms with Crippen LogP contribution >= 0.6 is 0 Å². The summed E-state index contributed by atoms with van der Waals surface area (Å²) in [6, 6.07) is 6.44. The smallest absolute Gasteiger partial charge is 0.415 e. The van der Waals surface area contributed by atoms with E-state index in [9.17, 15) is 9.59 Å². The highest BCUT2D eigenvalue weighted by atomic mass is 16.6. The fourth-order valence-corrected chi connectivity index (χ4v) is 6.36. The largest absolute Gasteiger partial charge is 0.478 e. The summed E-state index contributed by atoms with van der Waals surface area (Å²) in [5.74, 6) is 1.01. The molecule has 2 saturated heterocycles. The van der Waals surface area contributed by atoms with Gasteiger partial charge in [0.15, 0.2) is 0 Å². The highest BCUT2D eigenvalue weighted by molar-refractivity contribution is 5.92. The van der Waals surface area contributed by atoms with Gasteiger partial charge in [0, 0.05) is 38.2 Å². The van der Waals surface area contributed by atoms with Crippen molar-refractivity contribution in [3.63, 3.8) is 0 Å². The molecule has 2 heterocycles. The Balaban J connectivity index is 1.23. The minimum Gasteiger partial charge on any atom is -0.478 e. The second kappa shape index (κ2) is 11.3. The summed E-state index contributed by atoms with van der Waals surface area (Å²) in [5, 5.41) is 9.17. The van der Waals surface area contributed by atoms with Crippen LogP contribution in [0.5, 0.6) is 0 Å². The Morgan fingerprint density at radius 2 is 1.82 bits per heavy atom. The maximum absolute atomic E-state index is 12.8. The van der Waals surface area contributed by atoms with Gasteiger partial charge in [-0.05, 0) is 97.8 Å². The zero-order chi connectivity index (χ0) is 27.7. The fraction of sp³-hybridized carbons (Fsp3) is 0.576. The third-order valence-electron chi connectivity index (χ3n) is 9.63. The van der Waals surface area contributed by atoms with Crippen molar-refractivity contribution in [3.05, 3.63) is 64.8 Å². The summed E-state index contributed by atoms with van der Waals surface area (Å²) in [6.45, 7) is 14.7. The highest BCUT2D eigenvalue weighted by Gasteiger charge is 2.47. The van der Waals surface area contributed by atoms with Crippen LogP contribution in [0.3, 0.4) is 0 Å². The average molecular weight is 533 g/mol. The number of benzene rings is 1. The van der Waals surface area contributed by atoms with Gasteiger partial charge in [0.1, 0.15) is 5.60 Å². The molecule has 1 aromatic rings. The van der Waals surface area contributed by atoms with E-state index in [0.29, 0.717) is 24.1 Å². The predicted molar refractivity (Wildman–Crippen MR) is 155 cm³/mol. The number of aromatic carboxylic acids is 1. The van der Waals surface area contributed by atoms with Crippen LogP contribution in [0.25, 0.3) is 0 Å². The molecule has 0 bridgehead atoms. The van der Waals surface area contributed by atoms with Gasteiger partial charge in [0.05, 0.1) is 12.1 Å². The number of allylic oxidation sites excluding steroid dienone is 3. The first kappa shape index (κ1) is 27.7. The average Bonchev–Trinajstić information content (AvgIpc) is 3.70. The van der Waals surface area contributed by atoms with Crippen molar-refractivity contribution < 1.29 is 19.4 Å². The van der Waals surface area contributed by atoms with Crippen LogP contribution in [-0.2, 0) is 4.74 Å². The van der Waals surface area contributed by atoms with Crippen LogP contribution < -0.4 is 4.90 Å². The number of piperidine rings is 1. The highest BCUT2D eigenvalue weighted by Crippen LogP contribution is 2.43. The number of amides is 1. The van der Waals surface area contributed by atoms with Crippen LogP contribution in [0.15, 0.2) is 59.2 Å². The maximum Gasteiger partial charge on any atom is 0.415 e. The minimum atomic E-state index is -0.976. The second-order valence-electron chi connectivity index (χ2n) is 12.3. The quantitative estimate of drug-likeness (QED) is 0.322. The number of carbonyl (C=O) groups excluding carboxylic acids is 1. The molecule has 1 amide bonds. The van der Waals surface area contributed by atoms with E-state index in [-0.39, 0.29) is 11.7 Å². The number of likely N-dealkylation sites (tertiary alicyclic amines) is 1. The molecule has 1 unspecified atom stereocenters. The van der Waals surface area contributed by atoms with Gasteiger partial charge in [-0.25, -0.2) is 9.59 Å². The number of carboxylic acids is 1. The summed E-state index contributed by atoms with van der Waals surface area (Å²) in [5.41, 5.74) is 6.28. The third-order valence-corrected chi connectivity index (χ3v) is 9.63. The van der Waals surface area contributed by atoms with E-state index >= 15 is 0 Å². The predicted octanol–water partition coefficient (Wildman–Crippen LogP) is 7.23. The third kappa shape index (κ3) is 6.01. The van der Waals surface area contributed by atoms with E-state index in [1.165, 1.54) is 55.4 Å². The van der Waals surface area contributed by atoms with E-state index in [2.05, 4.69) is 38.3 Å². The van der Waals surface area contributed by atoms with E-state index in [4.69, 9.17) is 9.84 Å².